The molecule has 0 saturated heterocycles. The Balaban J connectivity index is 2.03. The molecule has 0 aliphatic heterocycles. The topological polar surface area (TPSA) is 71.9 Å². The average Bonchev–Trinajstić information content (AvgIpc) is 2.93. The van der Waals surface area contributed by atoms with E-state index in [-0.39, 0.29) is 5.92 Å². The van der Waals surface area contributed by atoms with Gasteiger partial charge in [-0.3, -0.25) is 0 Å². The summed E-state index contributed by atoms with van der Waals surface area (Å²) in [5.74, 6) is 2.17. The molecule has 1 aromatic carbocycles. The maximum absolute atomic E-state index is 8.58. The molecule has 1 unspecified atom stereocenters. The highest BCUT2D eigenvalue weighted by Gasteiger charge is 2.14. The van der Waals surface area contributed by atoms with Crippen molar-refractivity contribution in [1.29, 1.82) is 5.26 Å². The predicted molar refractivity (Wildman–Crippen MR) is 73.4 cm³/mol. The number of hydrogen-bond donors (Lipinski definition) is 0. The summed E-state index contributed by atoms with van der Waals surface area (Å²) in [5.41, 5.74) is 1.07. The maximum atomic E-state index is 8.58. The van der Waals surface area contributed by atoms with Gasteiger partial charge in [-0.05, 0) is 24.1 Å². The first-order valence-electron chi connectivity index (χ1n) is 6.55. The minimum Gasteiger partial charge on any atom is -0.497 e. The van der Waals surface area contributed by atoms with E-state index >= 15 is 0 Å². The van der Waals surface area contributed by atoms with E-state index < -0.39 is 0 Å². The number of hydrogen-bond acceptors (Lipinski definition) is 5. The number of ether oxygens (including phenoxy) is 1. The lowest BCUT2D eigenvalue weighted by Gasteiger charge is -2.02. The van der Waals surface area contributed by atoms with Crippen molar-refractivity contribution in [3.05, 3.63) is 41.5 Å². The molecule has 0 fully saturated rings. The Bertz CT molecular complexity index is 601. The molecule has 5 heteroatoms. The quantitative estimate of drug-likeness (QED) is 0.807. The van der Waals surface area contributed by atoms with Crippen molar-refractivity contribution in [2.75, 3.05) is 7.11 Å². The van der Waals surface area contributed by atoms with Crippen LogP contribution in [0.5, 0.6) is 5.75 Å². The van der Waals surface area contributed by atoms with Crippen LogP contribution in [-0.4, -0.2) is 17.3 Å². The number of nitriles is 1. The van der Waals surface area contributed by atoms with Crippen LogP contribution in [0, 0.1) is 11.3 Å². The summed E-state index contributed by atoms with van der Waals surface area (Å²) in [4.78, 5) is 4.39. The molecule has 2 rings (SSSR count). The minimum absolute atomic E-state index is 0.112. The summed E-state index contributed by atoms with van der Waals surface area (Å²) in [6.07, 6.45) is 1.83. The third kappa shape index (κ3) is 3.58. The number of aromatic nitrogens is 2. The molecule has 104 valence electrons. The van der Waals surface area contributed by atoms with Gasteiger partial charge in [0.2, 0.25) is 5.89 Å². The Hall–Kier alpha value is -2.35. The van der Waals surface area contributed by atoms with E-state index in [0.29, 0.717) is 24.6 Å². The Morgan fingerprint density at radius 2 is 2.30 bits per heavy atom. The van der Waals surface area contributed by atoms with Crippen molar-refractivity contribution < 1.29 is 9.26 Å². The molecule has 5 nitrogen and oxygen atoms in total. The largest absolute Gasteiger partial charge is 0.497 e. The summed E-state index contributed by atoms with van der Waals surface area (Å²) in [7, 11) is 1.64. The van der Waals surface area contributed by atoms with E-state index in [1.807, 2.05) is 31.2 Å². The third-order valence-corrected chi connectivity index (χ3v) is 3.09. The maximum Gasteiger partial charge on any atom is 0.229 e. The normalized spacial score (nSPS) is 11.8. The number of nitrogens with zero attached hydrogens (tertiary/aromatic N) is 3. The van der Waals surface area contributed by atoms with E-state index in [2.05, 4.69) is 16.2 Å². The molecule has 0 N–H and O–H groups in total. The summed E-state index contributed by atoms with van der Waals surface area (Å²) in [5, 5.41) is 12.6. The van der Waals surface area contributed by atoms with Crippen molar-refractivity contribution in [3.63, 3.8) is 0 Å². The van der Waals surface area contributed by atoms with E-state index in [1.54, 1.807) is 7.11 Å². The zero-order chi connectivity index (χ0) is 14.4. The van der Waals surface area contributed by atoms with E-state index in [1.165, 1.54) is 0 Å². The van der Waals surface area contributed by atoms with Gasteiger partial charge in [0.05, 0.1) is 13.2 Å². The number of rotatable bonds is 6. The molecular weight excluding hydrogens is 254 g/mol. The Labute approximate surface area is 118 Å². The Kier molecular flexibility index (Phi) is 4.72. The first kappa shape index (κ1) is 14.1. The second kappa shape index (κ2) is 6.71. The molecule has 2 aromatic rings. The van der Waals surface area contributed by atoms with Gasteiger partial charge in [-0.2, -0.15) is 10.2 Å². The summed E-state index contributed by atoms with van der Waals surface area (Å²) in [6, 6.07) is 9.91. The molecule has 0 aliphatic rings. The Morgan fingerprint density at radius 1 is 1.45 bits per heavy atom. The van der Waals surface area contributed by atoms with Crippen molar-refractivity contribution in [2.45, 2.75) is 32.1 Å². The van der Waals surface area contributed by atoms with Gasteiger partial charge < -0.3 is 9.26 Å². The molecule has 20 heavy (non-hydrogen) atoms. The third-order valence-electron chi connectivity index (χ3n) is 3.09. The lowest BCUT2D eigenvalue weighted by molar-refractivity contribution is 0.351. The summed E-state index contributed by atoms with van der Waals surface area (Å²) < 4.78 is 10.4. The van der Waals surface area contributed by atoms with Crippen molar-refractivity contribution in [3.8, 4) is 11.8 Å². The standard InChI is InChI=1S/C15H17N3O2/c1-11(5-4-8-16)15-17-14(18-20-15)10-12-6-3-7-13(9-12)19-2/h3,6-7,9,11H,4-5,10H2,1-2H3. The highest BCUT2D eigenvalue weighted by molar-refractivity contribution is 5.30. The lowest BCUT2D eigenvalue weighted by atomic mass is 10.1. The molecule has 0 amide bonds. The average molecular weight is 271 g/mol. The van der Waals surface area contributed by atoms with Gasteiger partial charge in [0, 0.05) is 18.8 Å². The first-order valence-corrected chi connectivity index (χ1v) is 6.55. The molecule has 1 heterocycles. The van der Waals surface area contributed by atoms with E-state index in [9.17, 15) is 0 Å². The fourth-order valence-electron chi connectivity index (χ4n) is 1.91. The molecule has 0 bridgehead atoms. The highest BCUT2D eigenvalue weighted by atomic mass is 16.5. The van der Waals surface area contributed by atoms with Crippen molar-refractivity contribution in [2.24, 2.45) is 0 Å². The van der Waals surface area contributed by atoms with Gasteiger partial charge in [0.1, 0.15) is 5.75 Å². The van der Waals surface area contributed by atoms with Crippen LogP contribution in [0.3, 0.4) is 0 Å². The van der Waals surface area contributed by atoms with Gasteiger partial charge in [-0.15, -0.1) is 0 Å². The van der Waals surface area contributed by atoms with Crippen LogP contribution in [0.2, 0.25) is 0 Å². The van der Waals surface area contributed by atoms with Gasteiger partial charge in [0.25, 0.3) is 0 Å². The molecule has 0 saturated carbocycles. The molecule has 1 aromatic heterocycles. The Morgan fingerprint density at radius 3 is 3.05 bits per heavy atom. The van der Waals surface area contributed by atoms with E-state index in [0.717, 1.165) is 17.7 Å². The van der Waals surface area contributed by atoms with Gasteiger partial charge in [-0.25, -0.2) is 0 Å². The van der Waals surface area contributed by atoms with Crippen LogP contribution in [0.25, 0.3) is 0 Å². The van der Waals surface area contributed by atoms with Crippen LogP contribution in [0.1, 0.15) is 43.0 Å². The summed E-state index contributed by atoms with van der Waals surface area (Å²) >= 11 is 0. The van der Waals surface area contributed by atoms with Crippen molar-refractivity contribution in [1.82, 2.24) is 10.1 Å². The molecule has 0 aliphatic carbocycles. The number of methoxy groups -OCH3 is 1. The lowest BCUT2D eigenvalue weighted by Crippen LogP contribution is -1.95. The van der Waals surface area contributed by atoms with Crippen LogP contribution in [-0.2, 0) is 6.42 Å². The van der Waals surface area contributed by atoms with Crippen LogP contribution in [0.4, 0.5) is 0 Å². The summed E-state index contributed by atoms with van der Waals surface area (Å²) in [6.45, 7) is 1.99. The SMILES string of the molecule is COc1cccc(Cc2noc(C(C)CCC#N)n2)c1. The van der Waals surface area contributed by atoms with E-state index in [4.69, 9.17) is 14.5 Å². The monoisotopic (exact) mass is 271 g/mol. The van der Waals surface area contributed by atoms with Gasteiger partial charge >= 0.3 is 0 Å². The highest BCUT2D eigenvalue weighted by Crippen LogP contribution is 2.20. The smallest absolute Gasteiger partial charge is 0.229 e. The fourth-order valence-corrected chi connectivity index (χ4v) is 1.91. The molecule has 1 atom stereocenters. The second-order valence-electron chi connectivity index (χ2n) is 4.67. The molecule has 0 radical (unpaired) electrons. The van der Waals surface area contributed by atoms with Crippen LogP contribution < -0.4 is 4.74 Å². The predicted octanol–water partition coefficient (Wildman–Crippen LogP) is 3.08. The van der Waals surface area contributed by atoms with Gasteiger partial charge in [0.15, 0.2) is 5.82 Å². The second-order valence-corrected chi connectivity index (χ2v) is 4.67. The zero-order valence-corrected chi connectivity index (χ0v) is 11.7. The molecular formula is C15H17N3O2. The minimum atomic E-state index is 0.112. The van der Waals surface area contributed by atoms with Crippen LogP contribution >= 0.6 is 0 Å². The van der Waals surface area contributed by atoms with Crippen LogP contribution in [0.15, 0.2) is 28.8 Å². The van der Waals surface area contributed by atoms with Crippen molar-refractivity contribution >= 4 is 0 Å². The first-order chi connectivity index (χ1) is 9.72. The molecule has 0 spiro atoms. The fraction of sp³-hybridized carbons (Fsp3) is 0.400. The van der Waals surface area contributed by atoms with Gasteiger partial charge in [-0.1, -0.05) is 24.2 Å². The number of benzene rings is 1. The zero-order valence-electron chi connectivity index (χ0n) is 11.7.